The molecule has 1 aromatic rings. The summed E-state index contributed by atoms with van der Waals surface area (Å²) in [6.45, 7) is 0.551. The van der Waals surface area contributed by atoms with E-state index in [-0.39, 0.29) is 12.5 Å². The molecule has 2 aliphatic heterocycles. The monoisotopic (exact) mass is 370 g/mol. The first-order chi connectivity index (χ1) is 11.8. The van der Waals surface area contributed by atoms with E-state index in [4.69, 9.17) is 4.55 Å². The van der Waals surface area contributed by atoms with Gasteiger partial charge in [0, 0.05) is 31.4 Å². The Kier molecular flexibility index (Phi) is 4.88. The molecule has 2 N–H and O–H groups in total. The number of carbonyl (C=O) groups is 2. The number of hydrogen-bond acceptors (Lipinski definition) is 6. The number of fused-ring (bicyclic) bond motifs is 2. The number of hydroxylamine groups is 2. The third-order valence-electron chi connectivity index (χ3n) is 4.21. The van der Waals surface area contributed by atoms with Gasteiger partial charge in [-0.15, -0.1) is 4.28 Å². The molecule has 136 valence electrons. The number of rotatable bonds is 6. The average molecular weight is 370 g/mol. The first kappa shape index (κ1) is 17.6. The molecule has 2 saturated heterocycles. The van der Waals surface area contributed by atoms with E-state index in [2.05, 4.69) is 14.6 Å². The molecule has 0 spiro atoms. The summed E-state index contributed by atoms with van der Waals surface area (Å²) in [5.74, 6) is -0.309. The first-order valence-electron chi connectivity index (χ1n) is 7.79. The minimum Gasteiger partial charge on any atom is -0.354 e. The zero-order chi connectivity index (χ0) is 18.0. The van der Waals surface area contributed by atoms with Gasteiger partial charge in [-0.05, 0) is 25.0 Å². The van der Waals surface area contributed by atoms with Gasteiger partial charge in [-0.2, -0.15) is 13.5 Å². The van der Waals surface area contributed by atoms with Crippen molar-refractivity contribution in [2.45, 2.75) is 31.3 Å². The summed E-state index contributed by atoms with van der Waals surface area (Å²) in [6, 6.07) is 3.57. The van der Waals surface area contributed by atoms with Crippen LogP contribution in [-0.4, -0.2) is 65.0 Å². The Morgan fingerprint density at radius 2 is 2.20 bits per heavy atom. The van der Waals surface area contributed by atoms with Gasteiger partial charge in [-0.3, -0.25) is 14.3 Å². The minimum absolute atomic E-state index is 0.173. The molecule has 3 heterocycles. The largest absolute Gasteiger partial charge is 0.418 e. The van der Waals surface area contributed by atoms with Crippen LogP contribution in [0.15, 0.2) is 24.4 Å². The van der Waals surface area contributed by atoms with Crippen LogP contribution in [-0.2, 0) is 25.9 Å². The molecule has 1 aromatic heterocycles. The Morgan fingerprint density at radius 1 is 1.40 bits per heavy atom. The smallest absolute Gasteiger partial charge is 0.354 e. The lowest BCUT2D eigenvalue weighted by Gasteiger charge is -2.29. The van der Waals surface area contributed by atoms with Crippen LogP contribution in [0.2, 0.25) is 0 Å². The molecular weight excluding hydrogens is 352 g/mol. The second-order valence-electron chi connectivity index (χ2n) is 5.87. The molecule has 0 saturated carbocycles. The first-order valence-corrected chi connectivity index (χ1v) is 9.16. The zero-order valence-corrected chi connectivity index (χ0v) is 14.1. The lowest BCUT2D eigenvalue weighted by atomic mass is 10.0. The second kappa shape index (κ2) is 6.94. The zero-order valence-electron chi connectivity index (χ0n) is 13.2. The van der Waals surface area contributed by atoms with Crippen molar-refractivity contribution in [2.24, 2.45) is 0 Å². The van der Waals surface area contributed by atoms with Gasteiger partial charge in [0.15, 0.2) is 0 Å². The van der Waals surface area contributed by atoms with E-state index >= 15 is 0 Å². The van der Waals surface area contributed by atoms with Crippen molar-refractivity contribution in [1.82, 2.24) is 20.3 Å². The fourth-order valence-electron chi connectivity index (χ4n) is 3.08. The SMILES string of the molecule is O=C(NCCc1ccccn1)[C@H]1CC[C@@H]2CN1C(=O)N2OS(=O)(=O)O. The van der Waals surface area contributed by atoms with Crippen molar-refractivity contribution < 1.29 is 26.8 Å². The topological polar surface area (TPSA) is 129 Å². The molecular formula is C14H18N4O6S. The van der Waals surface area contributed by atoms with E-state index in [1.807, 2.05) is 12.1 Å². The molecule has 2 bridgehead atoms. The number of nitrogens with one attached hydrogen (secondary N) is 1. The van der Waals surface area contributed by atoms with Crippen molar-refractivity contribution in [3.05, 3.63) is 30.1 Å². The Hall–Kier alpha value is -2.24. The highest BCUT2D eigenvalue weighted by atomic mass is 32.3. The normalized spacial score (nSPS) is 23.0. The van der Waals surface area contributed by atoms with E-state index in [9.17, 15) is 18.0 Å². The van der Waals surface area contributed by atoms with E-state index in [1.165, 1.54) is 4.90 Å². The molecule has 0 unspecified atom stereocenters. The quantitative estimate of drug-likeness (QED) is 0.660. The fraction of sp³-hybridized carbons (Fsp3) is 0.500. The summed E-state index contributed by atoms with van der Waals surface area (Å²) in [4.78, 5) is 30.0. The summed E-state index contributed by atoms with van der Waals surface area (Å²) in [5, 5.41) is 3.39. The van der Waals surface area contributed by atoms with Crippen molar-refractivity contribution >= 4 is 22.3 Å². The van der Waals surface area contributed by atoms with Gasteiger partial charge >= 0.3 is 16.4 Å². The van der Waals surface area contributed by atoms with Crippen LogP contribution in [0.25, 0.3) is 0 Å². The number of pyridine rings is 1. The summed E-state index contributed by atoms with van der Waals surface area (Å²) in [7, 11) is -4.79. The van der Waals surface area contributed by atoms with Crippen LogP contribution in [0.3, 0.4) is 0 Å². The van der Waals surface area contributed by atoms with Crippen molar-refractivity contribution in [2.75, 3.05) is 13.1 Å². The van der Waals surface area contributed by atoms with Gasteiger partial charge in [-0.25, -0.2) is 4.79 Å². The number of hydrogen-bond donors (Lipinski definition) is 2. The third-order valence-corrected chi connectivity index (χ3v) is 4.56. The molecule has 2 fully saturated rings. The molecule has 10 nitrogen and oxygen atoms in total. The maximum Gasteiger partial charge on any atom is 0.418 e. The summed E-state index contributed by atoms with van der Waals surface area (Å²) in [5.41, 5.74) is 0.844. The van der Waals surface area contributed by atoms with Gasteiger partial charge < -0.3 is 10.2 Å². The Bertz CT molecular complexity index is 756. The van der Waals surface area contributed by atoms with Crippen LogP contribution < -0.4 is 5.32 Å². The number of nitrogens with zero attached hydrogens (tertiary/aromatic N) is 3. The van der Waals surface area contributed by atoms with Gasteiger partial charge in [0.1, 0.15) is 6.04 Å². The molecule has 0 aliphatic carbocycles. The lowest BCUT2D eigenvalue weighted by Crippen LogP contribution is -2.50. The van der Waals surface area contributed by atoms with Crippen molar-refractivity contribution in [1.29, 1.82) is 0 Å². The van der Waals surface area contributed by atoms with Crippen molar-refractivity contribution in [3.63, 3.8) is 0 Å². The van der Waals surface area contributed by atoms with Crippen LogP contribution in [0.1, 0.15) is 18.5 Å². The third kappa shape index (κ3) is 4.06. The second-order valence-corrected chi connectivity index (χ2v) is 6.88. The maximum absolute atomic E-state index is 12.4. The van der Waals surface area contributed by atoms with E-state index in [1.54, 1.807) is 12.3 Å². The minimum atomic E-state index is -4.79. The van der Waals surface area contributed by atoms with Gasteiger partial charge in [0.2, 0.25) is 5.91 Å². The number of piperidine rings is 1. The molecule has 3 rings (SSSR count). The Balaban J connectivity index is 1.57. The number of amides is 3. The Labute approximate surface area is 144 Å². The molecule has 11 heteroatoms. The van der Waals surface area contributed by atoms with Gasteiger partial charge in [-0.1, -0.05) is 6.07 Å². The predicted octanol–water partition coefficient (Wildman–Crippen LogP) is -0.257. The van der Waals surface area contributed by atoms with Crippen LogP contribution in [0, 0.1) is 0 Å². The number of aromatic nitrogens is 1. The highest BCUT2D eigenvalue weighted by Gasteiger charge is 2.49. The number of urea groups is 1. The molecule has 0 radical (unpaired) electrons. The Morgan fingerprint density at radius 3 is 2.88 bits per heavy atom. The molecule has 0 aromatic carbocycles. The lowest BCUT2D eigenvalue weighted by molar-refractivity contribution is -0.126. The summed E-state index contributed by atoms with van der Waals surface area (Å²) in [6.07, 6.45) is 3.02. The van der Waals surface area contributed by atoms with E-state index < -0.39 is 28.5 Å². The van der Waals surface area contributed by atoms with E-state index in [0.717, 1.165) is 5.69 Å². The van der Waals surface area contributed by atoms with Crippen LogP contribution >= 0.6 is 0 Å². The molecule has 2 aliphatic rings. The predicted molar refractivity (Wildman–Crippen MR) is 84.3 cm³/mol. The molecule has 3 amide bonds. The maximum atomic E-state index is 12.4. The van der Waals surface area contributed by atoms with Crippen LogP contribution in [0.4, 0.5) is 4.79 Å². The van der Waals surface area contributed by atoms with Crippen LogP contribution in [0.5, 0.6) is 0 Å². The molecule has 25 heavy (non-hydrogen) atoms. The fourth-order valence-corrected chi connectivity index (χ4v) is 3.47. The van der Waals surface area contributed by atoms with E-state index in [0.29, 0.717) is 30.9 Å². The van der Waals surface area contributed by atoms with Gasteiger partial charge in [0.05, 0.1) is 6.04 Å². The average Bonchev–Trinajstić information content (AvgIpc) is 2.79. The summed E-state index contributed by atoms with van der Waals surface area (Å²) >= 11 is 0. The highest BCUT2D eigenvalue weighted by Crippen LogP contribution is 2.30. The number of carbonyl (C=O) groups excluding carboxylic acids is 2. The highest BCUT2D eigenvalue weighted by molar-refractivity contribution is 7.80. The molecule has 2 atom stereocenters. The standard InChI is InChI=1S/C14H18N4O6S/c19-13(16-8-6-10-3-1-2-7-15-10)12-5-4-11-9-17(12)14(20)18(11)24-25(21,22)23/h1-3,7,11-12H,4-6,8-9H2,(H,16,19)(H,21,22,23)/t11-,12-/m1/s1. The summed E-state index contributed by atoms with van der Waals surface area (Å²) < 4.78 is 34.8. The van der Waals surface area contributed by atoms with Gasteiger partial charge in [0.25, 0.3) is 0 Å². The van der Waals surface area contributed by atoms with Crippen molar-refractivity contribution in [3.8, 4) is 0 Å².